The van der Waals surface area contributed by atoms with Gasteiger partial charge in [0.25, 0.3) is 0 Å². The van der Waals surface area contributed by atoms with Gasteiger partial charge >= 0.3 is 5.97 Å². The summed E-state index contributed by atoms with van der Waals surface area (Å²) < 4.78 is 6.39. The topological polar surface area (TPSA) is 87.1 Å². The minimum atomic E-state index is -0.560. The zero-order valence-corrected chi connectivity index (χ0v) is 14.0. The molecule has 1 atom stereocenters. The van der Waals surface area contributed by atoms with Crippen molar-refractivity contribution < 1.29 is 9.53 Å². The van der Waals surface area contributed by atoms with E-state index in [4.69, 9.17) is 21.9 Å². The Morgan fingerprint density at radius 2 is 2.50 bits per heavy atom. The highest BCUT2D eigenvalue weighted by molar-refractivity contribution is 9.10. The number of nitrogens with one attached hydrogen (secondary N) is 1. The number of esters is 1. The molecule has 0 saturated carbocycles. The Balaban J connectivity index is 2.70. The van der Waals surface area contributed by atoms with Crippen LogP contribution in [0.2, 0.25) is 4.34 Å². The Hall–Kier alpha value is -0.790. The molecule has 0 radical (unpaired) electrons. The molecule has 20 heavy (non-hydrogen) atoms. The first-order valence-corrected chi connectivity index (χ1v) is 7.94. The molecule has 6 nitrogen and oxygen atoms in total. The molecule has 0 saturated heterocycles. The van der Waals surface area contributed by atoms with Crippen LogP contribution in [0.15, 0.2) is 15.7 Å². The fraction of sp³-hybridized carbons (Fsp3) is 0.545. The molecule has 1 aromatic heterocycles. The van der Waals surface area contributed by atoms with E-state index < -0.39 is 6.04 Å². The maximum atomic E-state index is 12.0. The maximum Gasteiger partial charge on any atom is 0.328 e. The second kappa shape index (κ2) is 9.20. The molecule has 1 unspecified atom stereocenters. The van der Waals surface area contributed by atoms with Gasteiger partial charge < -0.3 is 10.1 Å². The van der Waals surface area contributed by atoms with Crippen molar-refractivity contribution in [1.82, 2.24) is 5.32 Å². The van der Waals surface area contributed by atoms with E-state index in [2.05, 4.69) is 31.3 Å². The largest absolute Gasteiger partial charge is 0.465 e. The van der Waals surface area contributed by atoms with E-state index in [0.29, 0.717) is 30.5 Å². The van der Waals surface area contributed by atoms with Crippen molar-refractivity contribution in [3.05, 3.63) is 30.2 Å². The fourth-order valence-corrected chi connectivity index (χ4v) is 3.27. The SMILES string of the molecule is CCOC(=O)C(NCCCN=[N+]=[N-])c1cc(Br)c(Cl)s1. The number of thiophene rings is 1. The molecule has 0 aliphatic carbocycles. The van der Waals surface area contributed by atoms with Gasteiger partial charge in [-0.1, -0.05) is 16.7 Å². The molecule has 1 heterocycles. The zero-order valence-electron chi connectivity index (χ0n) is 10.8. The highest BCUT2D eigenvalue weighted by Gasteiger charge is 2.24. The molecular weight excluding hydrogens is 368 g/mol. The van der Waals surface area contributed by atoms with Crippen molar-refractivity contribution in [2.75, 3.05) is 19.7 Å². The molecule has 1 rings (SSSR count). The Morgan fingerprint density at radius 1 is 1.75 bits per heavy atom. The maximum absolute atomic E-state index is 12.0. The predicted octanol–water partition coefficient (Wildman–Crippen LogP) is 4.06. The molecular formula is C11H14BrClN4O2S. The van der Waals surface area contributed by atoms with Crippen molar-refractivity contribution in [3.8, 4) is 0 Å². The van der Waals surface area contributed by atoms with E-state index >= 15 is 0 Å². The van der Waals surface area contributed by atoms with Crippen LogP contribution in [-0.4, -0.2) is 25.7 Å². The smallest absolute Gasteiger partial charge is 0.328 e. The second-order valence-corrected chi connectivity index (χ2v) is 6.26. The van der Waals surface area contributed by atoms with Crippen LogP contribution in [-0.2, 0) is 9.53 Å². The van der Waals surface area contributed by atoms with Crippen molar-refractivity contribution >= 4 is 44.8 Å². The number of carbonyl (C=O) groups is 1. The van der Waals surface area contributed by atoms with E-state index in [1.54, 1.807) is 13.0 Å². The van der Waals surface area contributed by atoms with Crippen LogP contribution < -0.4 is 5.32 Å². The monoisotopic (exact) mass is 380 g/mol. The molecule has 0 bridgehead atoms. The van der Waals surface area contributed by atoms with Crippen LogP contribution in [0.5, 0.6) is 0 Å². The Kier molecular flexibility index (Phi) is 7.94. The Labute approximate surface area is 134 Å². The first-order chi connectivity index (χ1) is 9.60. The molecule has 9 heteroatoms. The number of hydrogen-bond acceptors (Lipinski definition) is 5. The molecule has 0 spiro atoms. The Bertz CT molecular complexity index is 485. The van der Waals surface area contributed by atoms with Crippen molar-refractivity contribution in [3.63, 3.8) is 0 Å². The van der Waals surface area contributed by atoms with Gasteiger partial charge in [-0.25, -0.2) is 4.79 Å². The lowest BCUT2D eigenvalue weighted by Gasteiger charge is -2.15. The number of hydrogen-bond donors (Lipinski definition) is 1. The van der Waals surface area contributed by atoms with Gasteiger partial charge in [-0.3, -0.25) is 0 Å². The van der Waals surface area contributed by atoms with E-state index in [1.807, 2.05) is 0 Å². The first kappa shape index (κ1) is 17.3. The third-order valence-electron chi connectivity index (χ3n) is 2.32. The molecule has 1 aromatic rings. The summed E-state index contributed by atoms with van der Waals surface area (Å²) in [6.45, 7) is 2.99. The summed E-state index contributed by atoms with van der Waals surface area (Å²) in [6.07, 6.45) is 0.639. The van der Waals surface area contributed by atoms with Gasteiger partial charge in [-0.15, -0.1) is 11.3 Å². The van der Waals surface area contributed by atoms with Gasteiger partial charge in [-0.05, 0) is 47.4 Å². The predicted molar refractivity (Wildman–Crippen MR) is 83.0 cm³/mol. The Morgan fingerprint density at radius 3 is 3.05 bits per heavy atom. The van der Waals surface area contributed by atoms with Gasteiger partial charge in [0.05, 0.1) is 6.61 Å². The highest BCUT2D eigenvalue weighted by atomic mass is 79.9. The van der Waals surface area contributed by atoms with Crippen molar-refractivity contribution in [1.29, 1.82) is 0 Å². The quantitative estimate of drug-likeness (QED) is 0.242. The van der Waals surface area contributed by atoms with Crippen LogP contribution in [0.25, 0.3) is 10.4 Å². The normalized spacial score (nSPS) is 11.8. The number of nitrogens with zero attached hydrogens (tertiary/aromatic N) is 3. The van der Waals surface area contributed by atoms with Crippen molar-refractivity contribution in [2.45, 2.75) is 19.4 Å². The number of rotatable bonds is 8. The summed E-state index contributed by atoms with van der Waals surface area (Å²) in [5.74, 6) is -0.346. The summed E-state index contributed by atoms with van der Waals surface area (Å²) in [5.41, 5.74) is 8.19. The molecule has 0 fully saturated rings. The lowest BCUT2D eigenvalue weighted by Crippen LogP contribution is -2.30. The molecule has 0 aliphatic heterocycles. The number of azide groups is 1. The van der Waals surface area contributed by atoms with Gasteiger partial charge in [0.2, 0.25) is 0 Å². The van der Waals surface area contributed by atoms with Crippen LogP contribution in [0.3, 0.4) is 0 Å². The lowest BCUT2D eigenvalue weighted by molar-refractivity contribution is -0.145. The van der Waals surface area contributed by atoms with Crippen molar-refractivity contribution in [2.24, 2.45) is 5.11 Å². The molecule has 0 aliphatic rings. The molecule has 0 amide bonds. The van der Waals surface area contributed by atoms with Crippen LogP contribution in [0, 0.1) is 0 Å². The second-order valence-electron chi connectivity index (χ2n) is 3.72. The fourth-order valence-electron chi connectivity index (χ4n) is 1.47. The standard InChI is InChI=1S/C11H14BrClN4O2S/c1-2-19-11(18)9(15-4-3-5-16-17-14)8-6-7(12)10(13)20-8/h6,9,15H,2-5H2,1H3. The van der Waals surface area contributed by atoms with E-state index in [9.17, 15) is 4.79 Å². The van der Waals surface area contributed by atoms with Gasteiger partial charge in [-0.2, -0.15) is 0 Å². The van der Waals surface area contributed by atoms with E-state index in [0.717, 1.165) is 9.35 Å². The molecule has 110 valence electrons. The van der Waals surface area contributed by atoms with E-state index in [-0.39, 0.29) is 5.97 Å². The minimum Gasteiger partial charge on any atom is -0.465 e. The highest BCUT2D eigenvalue weighted by Crippen LogP contribution is 2.35. The summed E-state index contributed by atoms with van der Waals surface area (Å²) in [4.78, 5) is 15.4. The molecule has 1 N–H and O–H groups in total. The zero-order chi connectivity index (χ0) is 15.0. The summed E-state index contributed by atoms with van der Waals surface area (Å²) in [7, 11) is 0. The summed E-state index contributed by atoms with van der Waals surface area (Å²) in [5, 5.41) is 6.53. The summed E-state index contributed by atoms with van der Waals surface area (Å²) in [6, 6.07) is 1.24. The lowest BCUT2D eigenvalue weighted by atomic mass is 10.2. The first-order valence-electron chi connectivity index (χ1n) is 5.95. The van der Waals surface area contributed by atoms with E-state index in [1.165, 1.54) is 11.3 Å². The number of ether oxygens (including phenoxy) is 1. The number of halogens is 2. The van der Waals surface area contributed by atoms with Crippen LogP contribution in [0.1, 0.15) is 24.3 Å². The van der Waals surface area contributed by atoms with Gasteiger partial charge in [0, 0.05) is 20.8 Å². The van der Waals surface area contributed by atoms with Gasteiger partial charge in [0.1, 0.15) is 10.4 Å². The average Bonchev–Trinajstić information content (AvgIpc) is 2.73. The van der Waals surface area contributed by atoms with Crippen LogP contribution in [0.4, 0.5) is 0 Å². The summed E-state index contributed by atoms with van der Waals surface area (Å²) >= 11 is 10.6. The van der Waals surface area contributed by atoms with Crippen LogP contribution >= 0.6 is 38.9 Å². The van der Waals surface area contributed by atoms with Gasteiger partial charge in [0.15, 0.2) is 0 Å². The average molecular weight is 382 g/mol. The third-order valence-corrected chi connectivity index (χ3v) is 4.86. The minimum absolute atomic E-state index is 0.315. The third kappa shape index (κ3) is 5.30. The molecule has 0 aromatic carbocycles. The number of carbonyl (C=O) groups excluding carboxylic acids is 1.